The first-order valence-corrected chi connectivity index (χ1v) is 10.1. The maximum absolute atomic E-state index is 12.9. The van der Waals surface area contributed by atoms with Crippen molar-refractivity contribution in [2.24, 2.45) is 11.8 Å². The minimum Gasteiger partial charge on any atom is -0.444 e. The summed E-state index contributed by atoms with van der Waals surface area (Å²) in [6.07, 6.45) is 2.37. The maximum Gasteiger partial charge on any atom is 0.417 e. The number of fused-ring (bicyclic) bond motifs is 3. The third kappa shape index (κ3) is 3.66. The number of carbonyl (C=O) groups is 2. The van der Waals surface area contributed by atoms with Crippen LogP contribution in [0.15, 0.2) is 30.3 Å². The van der Waals surface area contributed by atoms with E-state index >= 15 is 0 Å². The van der Waals surface area contributed by atoms with E-state index in [4.69, 9.17) is 18.9 Å². The summed E-state index contributed by atoms with van der Waals surface area (Å²) in [5, 5.41) is 0. The fraction of sp³-hybridized carbons (Fsp3) is 0.619. The molecule has 1 aromatic rings. The van der Waals surface area contributed by atoms with E-state index < -0.39 is 18.1 Å². The summed E-state index contributed by atoms with van der Waals surface area (Å²) in [6, 6.07) is 8.77. The number of benzene rings is 1. The molecular formula is C21H27NO6. The Morgan fingerprint density at radius 1 is 1.18 bits per heavy atom. The summed E-state index contributed by atoms with van der Waals surface area (Å²) in [5.41, 5.74) is 0.863. The van der Waals surface area contributed by atoms with E-state index in [1.807, 2.05) is 30.3 Å². The van der Waals surface area contributed by atoms with Gasteiger partial charge >= 0.3 is 12.1 Å². The largest absolute Gasteiger partial charge is 0.444 e. The van der Waals surface area contributed by atoms with Gasteiger partial charge < -0.3 is 18.9 Å². The van der Waals surface area contributed by atoms with Gasteiger partial charge in [-0.2, -0.15) is 0 Å². The second-order valence-electron chi connectivity index (χ2n) is 7.76. The Hall–Kier alpha value is -1.96. The predicted molar refractivity (Wildman–Crippen MR) is 99.0 cm³/mol. The van der Waals surface area contributed by atoms with Gasteiger partial charge in [0.25, 0.3) is 0 Å². The topological polar surface area (TPSA) is 74.3 Å². The third-order valence-electron chi connectivity index (χ3n) is 5.68. The molecule has 1 aromatic carbocycles. The van der Waals surface area contributed by atoms with Crippen LogP contribution in [0.1, 0.15) is 38.2 Å². The van der Waals surface area contributed by atoms with Gasteiger partial charge in [-0.25, -0.2) is 9.69 Å². The summed E-state index contributed by atoms with van der Waals surface area (Å²) < 4.78 is 23.2. The first kappa shape index (κ1) is 19.4. The summed E-state index contributed by atoms with van der Waals surface area (Å²) >= 11 is 0. The summed E-state index contributed by atoms with van der Waals surface area (Å²) in [4.78, 5) is 26.8. The maximum atomic E-state index is 12.9. The number of carbonyl (C=O) groups excluding carboxylic acids is 2. The van der Waals surface area contributed by atoms with E-state index in [1.165, 1.54) is 4.90 Å². The minimum atomic E-state index is -1.37. The lowest BCUT2D eigenvalue weighted by molar-refractivity contribution is -0.464. The molecule has 4 heterocycles. The second kappa shape index (κ2) is 8.19. The minimum absolute atomic E-state index is 0.0774. The smallest absolute Gasteiger partial charge is 0.417 e. The standard InChI is InChI=1S/C21H27NO6/c1-2-3-9-17-10-18(23)22(20(24)25-11-15-7-5-4-6-8-15)19(17)21-26-12-16(13-27-21)14-28-21/h4-8,16-17,19H,2-3,9-14H2,1H3/t16?,17-,19-,21?/m0/s1. The van der Waals surface area contributed by atoms with Crippen molar-refractivity contribution in [1.82, 2.24) is 4.90 Å². The van der Waals surface area contributed by atoms with Gasteiger partial charge in [-0.3, -0.25) is 4.79 Å². The molecule has 7 heteroatoms. The van der Waals surface area contributed by atoms with Crippen LogP contribution in [0.25, 0.3) is 0 Å². The van der Waals surface area contributed by atoms with Crippen molar-refractivity contribution in [3.8, 4) is 0 Å². The summed E-state index contributed by atoms with van der Waals surface area (Å²) in [7, 11) is 0. The van der Waals surface area contributed by atoms with Crippen molar-refractivity contribution >= 4 is 12.0 Å². The first-order valence-electron chi connectivity index (χ1n) is 10.1. The molecule has 0 saturated carbocycles. The molecule has 0 aliphatic carbocycles. The molecule has 0 radical (unpaired) electrons. The Morgan fingerprint density at radius 3 is 2.50 bits per heavy atom. The van der Waals surface area contributed by atoms with Crippen LogP contribution in [0.2, 0.25) is 0 Å². The average molecular weight is 389 g/mol. The number of likely N-dealkylation sites (tertiary alicyclic amines) is 1. The molecule has 4 aliphatic heterocycles. The lowest BCUT2D eigenvalue weighted by Crippen LogP contribution is -2.65. The molecule has 5 rings (SSSR count). The van der Waals surface area contributed by atoms with Crippen molar-refractivity contribution in [2.45, 2.75) is 51.2 Å². The van der Waals surface area contributed by atoms with Gasteiger partial charge in [0.15, 0.2) is 0 Å². The normalized spacial score (nSPS) is 32.0. The molecule has 4 saturated heterocycles. The van der Waals surface area contributed by atoms with E-state index in [1.54, 1.807) is 0 Å². The summed E-state index contributed by atoms with van der Waals surface area (Å²) in [6.45, 7) is 3.74. The highest BCUT2D eigenvalue weighted by Gasteiger charge is 2.61. The summed E-state index contributed by atoms with van der Waals surface area (Å²) in [5.74, 6) is -1.51. The Balaban J connectivity index is 1.54. The highest BCUT2D eigenvalue weighted by Crippen LogP contribution is 2.44. The number of unbranched alkanes of at least 4 members (excludes halogenated alkanes) is 1. The second-order valence-corrected chi connectivity index (χ2v) is 7.76. The zero-order valence-electron chi connectivity index (χ0n) is 16.2. The molecular weight excluding hydrogens is 362 g/mol. The van der Waals surface area contributed by atoms with Gasteiger partial charge in [-0.1, -0.05) is 50.1 Å². The molecule has 4 fully saturated rings. The van der Waals surface area contributed by atoms with Crippen LogP contribution < -0.4 is 0 Å². The number of ether oxygens (including phenoxy) is 4. The van der Waals surface area contributed by atoms with Crippen LogP contribution in [0, 0.1) is 11.8 Å². The zero-order chi connectivity index (χ0) is 19.6. The van der Waals surface area contributed by atoms with Crippen LogP contribution in [0.4, 0.5) is 4.79 Å². The van der Waals surface area contributed by atoms with Crippen LogP contribution >= 0.6 is 0 Å². The Morgan fingerprint density at radius 2 is 1.86 bits per heavy atom. The van der Waals surface area contributed by atoms with Crippen molar-refractivity contribution in [2.75, 3.05) is 19.8 Å². The lowest BCUT2D eigenvalue weighted by Gasteiger charge is -2.50. The molecule has 0 aromatic heterocycles. The molecule has 7 nitrogen and oxygen atoms in total. The fourth-order valence-electron chi connectivity index (χ4n) is 4.20. The monoisotopic (exact) mass is 389 g/mol. The molecule has 4 aliphatic rings. The molecule has 2 atom stereocenters. The van der Waals surface area contributed by atoms with E-state index in [-0.39, 0.29) is 30.8 Å². The molecule has 152 valence electrons. The van der Waals surface area contributed by atoms with Crippen molar-refractivity contribution in [3.05, 3.63) is 35.9 Å². The number of nitrogens with zero attached hydrogens (tertiary/aromatic N) is 1. The number of hydrogen-bond donors (Lipinski definition) is 0. The fourth-order valence-corrected chi connectivity index (χ4v) is 4.20. The van der Waals surface area contributed by atoms with E-state index in [9.17, 15) is 9.59 Å². The Kier molecular flexibility index (Phi) is 5.66. The van der Waals surface area contributed by atoms with Gasteiger partial charge in [-0.15, -0.1) is 0 Å². The van der Waals surface area contributed by atoms with E-state index in [2.05, 4.69) is 6.92 Å². The molecule has 2 amide bonds. The molecule has 28 heavy (non-hydrogen) atoms. The van der Waals surface area contributed by atoms with E-state index in [0.29, 0.717) is 19.8 Å². The van der Waals surface area contributed by atoms with Crippen molar-refractivity contribution in [1.29, 1.82) is 0 Å². The van der Waals surface area contributed by atoms with Crippen LogP contribution in [0.5, 0.6) is 0 Å². The molecule has 0 N–H and O–H groups in total. The van der Waals surface area contributed by atoms with Crippen molar-refractivity contribution < 1.29 is 28.5 Å². The van der Waals surface area contributed by atoms with Crippen LogP contribution in [-0.4, -0.2) is 48.7 Å². The van der Waals surface area contributed by atoms with Gasteiger partial charge in [0, 0.05) is 12.3 Å². The Labute approximate surface area is 164 Å². The van der Waals surface area contributed by atoms with E-state index in [0.717, 1.165) is 24.8 Å². The first-order chi connectivity index (χ1) is 13.6. The van der Waals surface area contributed by atoms with Crippen LogP contribution in [-0.2, 0) is 30.3 Å². The van der Waals surface area contributed by atoms with Gasteiger partial charge in [0.2, 0.25) is 5.91 Å². The quantitative estimate of drug-likeness (QED) is 0.744. The number of rotatable bonds is 6. The number of amides is 2. The van der Waals surface area contributed by atoms with Gasteiger partial charge in [0.1, 0.15) is 12.6 Å². The zero-order valence-corrected chi connectivity index (χ0v) is 16.2. The van der Waals surface area contributed by atoms with Gasteiger partial charge in [0.05, 0.1) is 19.8 Å². The van der Waals surface area contributed by atoms with Crippen molar-refractivity contribution in [3.63, 3.8) is 0 Å². The number of imide groups is 1. The highest BCUT2D eigenvalue weighted by atomic mass is 16.9. The highest BCUT2D eigenvalue weighted by molar-refractivity contribution is 5.94. The Bertz CT molecular complexity index is 686. The van der Waals surface area contributed by atoms with Gasteiger partial charge in [-0.05, 0) is 17.9 Å². The average Bonchev–Trinajstić information content (AvgIpc) is 3.09. The third-order valence-corrected chi connectivity index (χ3v) is 5.68. The molecule has 2 bridgehead atoms. The molecule has 0 unspecified atom stereocenters. The molecule has 0 spiro atoms. The number of hydrogen-bond acceptors (Lipinski definition) is 6. The SMILES string of the molecule is CCCC[C@H]1CC(=O)N(C(=O)OCc2ccccc2)[C@@H]1C12OCC(CO1)CO2. The predicted octanol–water partition coefficient (Wildman–Crippen LogP) is 3.08. The van der Waals surface area contributed by atoms with Crippen LogP contribution in [0.3, 0.4) is 0 Å². The lowest BCUT2D eigenvalue weighted by atomic mass is 9.91.